The molecule has 1 unspecified atom stereocenters. The number of amides is 1. The third-order valence-electron chi connectivity index (χ3n) is 3.80. The number of rotatable bonds is 3. The maximum Gasteiger partial charge on any atom is 0.410 e. The molecule has 0 saturated heterocycles. The summed E-state index contributed by atoms with van der Waals surface area (Å²) in [5, 5.41) is 0. The zero-order valence-electron chi connectivity index (χ0n) is 14.9. The Bertz CT molecular complexity index is 552. The van der Waals surface area contributed by atoms with E-state index in [2.05, 4.69) is 18.8 Å². The van der Waals surface area contributed by atoms with Crippen LogP contribution in [0.1, 0.15) is 64.6 Å². The number of hydrogen-bond acceptors (Lipinski definition) is 4. The van der Waals surface area contributed by atoms with Gasteiger partial charge in [-0.3, -0.25) is 0 Å². The number of nitrogens with zero attached hydrogens (tertiary/aromatic N) is 2. The number of ether oxygens (including phenoxy) is 2. The van der Waals surface area contributed by atoms with Crippen LogP contribution in [0.5, 0.6) is 5.88 Å². The smallest absolute Gasteiger partial charge is 0.410 e. The van der Waals surface area contributed by atoms with E-state index in [0.29, 0.717) is 31.5 Å². The first-order valence-corrected chi connectivity index (χ1v) is 8.40. The van der Waals surface area contributed by atoms with E-state index in [4.69, 9.17) is 9.47 Å². The van der Waals surface area contributed by atoms with E-state index >= 15 is 0 Å². The lowest BCUT2D eigenvalue weighted by atomic mass is 10.0. The molecule has 1 atom stereocenters. The van der Waals surface area contributed by atoms with Crippen LogP contribution in [0, 0.1) is 0 Å². The topological polar surface area (TPSA) is 51.7 Å². The molecule has 1 amide bonds. The Morgan fingerprint density at radius 2 is 2.17 bits per heavy atom. The van der Waals surface area contributed by atoms with Crippen LogP contribution in [0.3, 0.4) is 0 Å². The number of pyridine rings is 1. The Balaban J connectivity index is 2.13. The lowest BCUT2D eigenvalue weighted by Crippen LogP contribution is -2.37. The number of aromatic nitrogens is 1. The van der Waals surface area contributed by atoms with Crippen molar-refractivity contribution >= 4 is 6.09 Å². The molecule has 0 radical (unpaired) electrons. The number of carbonyl (C=O) groups excluding carboxylic acids is 1. The van der Waals surface area contributed by atoms with Crippen LogP contribution in [0.2, 0.25) is 0 Å². The molecule has 1 aliphatic heterocycles. The quantitative estimate of drug-likeness (QED) is 0.841. The summed E-state index contributed by atoms with van der Waals surface area (Å²) in [5.74, 6) is 1.07. The van der Waals surface area contributed by atoms with Gasteiger partial charge in [-0.15, -0.1) is 0 Å². The SMILES string of the molecule is CCCC(C)c1ccc2c(n1)OCCN(C(=O)OC(C)(C)C)C2. The predicted molar refractivity (Wildman–Crippen MR) is 89.7 cm³/mol. The first-order valence-electron chi connectivity index (χ1n) is 8.40. The molecule has 0 spiro atoms. The van der Waals surface area contributed by atoms with Gasteiger partial charge in [0.05, 0.1) is 13.1 Å². The number of hydrogen-bond donors (Lipinski definition) is 0. The highest BCUT2D eigenvalue weighted by Crippen LogP contribution is 2.26. The maximum atomic E-state index is 12.3. The first kappa shape index (κ1) is 17.6. The van der Waals surface area contributed by atoms with E-state index in [1.54, 1.807) is 4.90 Å². The monoisotopic (exact) mass is 320 g/mol. The second kappa shape index (κ2) is 7.20. The van der Waals surface area contributed by atoms with E-state index in [1.165, 1.54) is 0 Å². The highest BCUT2D eigenvalue weighted by atomic mass is 16.6. The van der Waals surface area contributed by atoms with Crippen LogP contribution in [0.4, 0.5) is 4.79 Å². The van der Waals surface area contributed by atoms with Gasteiger partial charge in [-0.2, -0.15) is 0 Å². The van der Waals surface area contributed by atoms with Crippen LogP contribution in [-0.2, 0) is 11.3 Å². The molecule has 5 nitrogen and oxygen atoms in total. The number of carbonyl (C=O) groups is 1. The summed E-state index contributed by atoms with van der Waals surface area (Å²) >= 11 is 0. The molecule has 2 heterocycles. The average molecular weight is 320 g/mol. The van der Waals surface area contributed by atoms with Gasteiger partial charge in [-0.25, -0.2) is 9.78 Å². The third kappa shape index (κ3) is 4.85. The maximum absolute atomic E-state index is 12.3. The molecule has 1 aromatic rings. The molecule has 0 aromatic carbocycles. The van der Waals surface area contributed by atoms with Crippen molar-refractivity contribution in [1.82, 2.24) is 9.88 Å². The largest absolute Gasteiger partial charge is 0.476 e. The lowest BCUT2D eigenvalue weighted by Gasteiger charge is -2.26. The second-order valence-electron chi connectivity index (χ2n) is 7.14. The lowest BCUT2D eigenvalue weighted by molar-refractivity contribution is 0.0225. The number of fused-ring (bicyclic) bond motifs is 1. The fourth-order valence-corrected chi connectivity index (χ4v) is 2.60. The third-order valence-corrected chi connectivity index (χ3v) is 3.80. The molecule has 5 heteroatoms. The van der Waals surface area contributed by atoms with Crippen LogP contribution >= 0.6 is 0 Å². The van der Waals surface area contributed by atoms with Gasteiger partial charge in [0.1, 0.15) is 12.2 Å². The van der Waals surface area contributed by atoms with Gasteiger partial charge in [-0.05, 0) is 39.2 Å². The minimum atomic E-state index is -0.495. The predicted octanol–water partition coefficient (Wildman–Crippen LogP) is 4.11. The van der Waals surface area contributed by atoms with Crippen LogP contribution in [0.25, 0.3) is 0 Å². The molecule has 1 aromatic heterocycles. The van der Waals surface area contributed by atoms with Gasteiger partial charge in [0.15, 0.2) is 0 Å². The zero-order chi connectivity index (χ0) is 17.0. The summed E-state index contributed by atoms with van der Waals surface area (Å²) in [7, 11) is 0. The van der Waals surface area contributed by atoms with Crippen molar-refractivity contribution in [3.63, 3.8) is 0 Å². The summed E-state index contributed by atoms with van der Waals surface area (Å²) < 4.78 is 11.2. The molecular weight excluding hydrogens is 292 g/mol. The summed E-state index contributed by atoms with van der Waals surface area (Å²) in [6.07, 6.45) is 1.93. The Morgan fingerprint density at radius 3 is 2.83 bits per heavy atom. The van der Waals surface area contributed by atoms with Crippen molar-refractivity contribution in [2.75, 3.05) is 13.2 Å². The zero-order valence-corrected chi connectivity index (χ0v) is 14.9. The van der Waals surface area contributed by atoms with E-state index in [1.807, 2.05) is 32.9 Å². The minimum absolute atomic E-state index is 0.308. The molecule has 23 heavy (non-hydrogen) atoms. The van der Waals surface area contributed by atoms with Crippen molar-refractivity contribution < 1.29 is 14.3 Å². The van der Waals surface area contributed by atoms with Crippen molar-refractivity contribution in [3.8, 4) is 5.88 Å². The van der Waals surface area contributed by atoms with E-state index < -0.39 is 5.60 Å². The molecule has 0 fully saturated rings. The summed E-state index contributed by atoms with van der Waals surface area (Å²) in [4.78, 5) is 18.6. The fraction of sp³-hybridized carbons (Fsp3) is 0.667. The fourth-order valence-electron chi connectivity index (χ4n) is 2.60. The normalized spacial score (nSPS) is 16.1. The molecule has 1 aliphatic rings. The Hall–Kier alpha value is -1.78. The molecule has 2 rings (SSSR count). The van der Waals surface area contributed by atoms with E-state index in [-0.39, 0.29) is 6.09 Å². The summed E-state index contributed by atoms with van der Waals surface area (Å²) in [5.41, 5.74) is 1.49. The van der Waals surface area contributed by atoms with Gasteiger partial charge >= 0.3 is 6.09 Å². The molecule has 128 valence electrons. The van der Waals surface area contributed by atoms with Crippen molar-refractivity contribution in [1.29, 1.82) is 0 Å². The van der Waals surface area contributed by atoms with Gasteiger partial charge < -0.3 is 14.4 Å². The minimum Gasteiger partial charge on any atom is -0.476 e. The second-order valence-corrected chi connectivity index (χ2v) is 7.14. The summed E-state index contributed by atoms with van der Waals surface area (Å²) in [6.45, 7) is 11.4. The Morgan fingerprint density at radius 1 is 1.43 bits per heavy atom. The van der Waals surface area contributed by atoms with Gasteiger partial charge in [-0.1, -0.05) is 26.3 Å². The molecule has 0 aliphatic carbocycles. The highest BCUT2D eigenvalue weighted by Gasteiger charge is 2.26. The van der Waals surface area contributed by atoms with Gasteiger partial charge in [0, 0.05) is 11.3 Å². The summed E-state index contributed by atoms with van der Waals surface area (Å²) in [6, 6.07) is 4.06. The van der Waals surface area contributed by atoms with Gasteiger partial charge in [0.2, 0.25) is 5.88 Å². The Kier molecular flexibility index (Phi) is 5.50. The van der Waals surface area contributed by atoms with E-state index in [0.717, 1.165) is 24.1 Å². The first-order chi connectivity index (χ1) is 10.8. The van der Waals surface area contributed by atoms with Crippen molar-refractivity contribution in [2.24, 2.45) is 0 Å². The standard InChI is InChI=1S/C18H28N2O3/c1-6-7-13(2)15-9-8-14-12-20(10-11-22-16(14)19-15)17(21)23-18(3,4)5/h8-9,13H,6-7,10-12H2,1-5H3. The highest BCUT2D eigenvalue weighted by molar-refractivity contribution is 5.68. The van der Waals surface area contributed by atoms with Gasteiger partial charge in [0.25, 0.3) is 0 Å². The Labute approximate surface area is 139 Å². The van der Waals surface area contributed by atoms with Crippen LogP contribution in [0.15, 0.2) is 12.1 Å². The average Bonchev–Trinajstić information content (AvgIpc) is 2.67. The molecular formula is C18H28N2O3. The molecule has 0 bridgehead atoms. The van der Waals surface area contributed by atoms with Crippen molar-refractivity contribution in [3.05, 3.63) is 23.4 Å². The van der Waals surface area contributed by atoms with E-state index in [9.17, 15) is 4.79 Å². The molecule has 0 saturated carbocycles. The van der Waals surface area contributed by atoms with Crippen LogP contribution < -0.4 is 4.74 Å². The van der Waals surface area contributed by atoms with Crippen LogP contribution in [-0.4, -0.2) is 34.7 Å². The molecule has 0 N–H and O–H groups in total. The van der Waals surface area contributed by atoms with Crippen molar-refractivity contribution in [2.45, 2.75) is 65.5 Å².